The summed E-state index contributed by atoms with van der Waals surface area (Å²) in [5, 5.41) is 0. The molecule has 1 saturated heterocycles. The average Bonchev–Trinajstić information content (AvgIpc) is 2.55. The van der Waals surface area contributed by atoms with Crippen molar-refractivity contribution in [1.82, 2.24) is 4.90 Å². The summed E-state index contributed by atoms with van der Waals surface area (Å²) in [7, 11) is -3.85. The molecule has 6 nitrogen and oxygen atoms in total. The summed E-state index contributed by atoms with van der Waals surface area (Å²) in [5.41, 5.74) is -0.615. The van der Waals surface area contributed by atoms with Gasteiger partial charge in [-0.15, -0.1) is 0 Å². The number of piperazine rings is 1. The number of hydrogen-bond donors (Lipinski definition) is 0. The first kappa shape index (κ1) is 21.4. The summed E-state index contributed by atoms with van der Waals surface area (Å²) in [5.74, 6) is -2.77. The summed E-state index contributed by atoms with van der Waals surface area (Å²) in [6.07, 6.45) is -0.132. The van der Waals surface area contributed by atoms with Crippen molar-refractivity contribution < 1.29 is 26.7 Å². The normalized spacial score (nSPS) is 15.8. The van der Waals surface area contributed by atoms with Crippen molar-refractivity contribution in [2.75, 3.05) is 36.8 Å². The van der Waals surface area contributed by atoms with Crippen LogP contribution in [-0.2, 0) is 14.6 Å². The molecular weight excluding hydrogens is 378 g/mol. The lowest BCUT2D eigenvalue weighted by Gasteiger charge is -2.36. The number of ether oxygens (including phenoxy) is 1. The van der Waals surface area contributed by atoms with Crippen LogP contribution < -0.4 is 4.90 Å². The number of rotatable bonds is 4. The highest BCUT2D eigenvalue weighted by atomic mass is 32.2. The second-order valence-corrected chi connectivity index (χ2v) is 9.56. The minimum absolute atomic E-state index is 0.00760. The second-order valence-electron chi connectivity index (χ2n) is 7.48. The zero-order valence-electron chi connectivity index (χ0n) is 16.1. The van der Waals surface area contributed by atoms with Crippen LogP contribution in [0.1, 0.15) is 34.1 Å². The van der Waals surface area contributed by atoms with Crippen LogP contribution in [0.3, 0.4) is 0 Å². The molecule has 0 atom stereocenters. The van der Waals surface area contributed by atoms with Gasteiger partial charge in [-0.1, -0.05) is 6.92 Å². The lowest BCUT2D eigenvalue weighted by molar-refractivity contribution is 0.0240. The number of carbonyl (C=O) groups is 1. The number of nitrogens with zero attached hydrogens (tertiary/aromatic N) is 2. The molecule has 0 spiro atoms. The van der Waals surface area contributed by atoms with Gasteiger partial charge in [0, 0.05) is 26.2 Å². The molecule has 0 aromatic heterocycles. The topological polar surface area (TPSA) is 66.9 Å². The van der Waals surface area contributed by atoms with E-state index in [1.165, 1.54) is 11.0 Å². The predicted molar refractivity (Wildman–Crippen MR) is 98.7 cm³/mol. The van der Waals surface area contributed by atoms with Crippen LogP contribution in [0, 0.1) is 11.6 Å². The van der Waals surface area contributed by atoms with Gasteiger partial charge in [0.25, 0.3) is 0 Å². The fourth-order valence-electron chi connectivity index (χ4n) is 2.84. The highest BCUT2D eigenvalue weighted by Gasteiger charge is 2.29. The van der Waals surface area contributed by atoms with Crippen LogP contribution in [0.5, 0.6) is 0 Å². The SMILES string of the molecule is CCCS(=O)(=O)c1ccc(N2CCN(C(=O)OC(C)(C)C)CC2)c(F)c1F. The lowest BCUT2D eigenvalue weighted by atomic mass is 10.2. The number of anilines is 1. The Labute approximate surface area is 159 Å². The fraction of sp³-hybridized carbons (Fsp3) is 0.611. The standard InChI is InChI=1S/C18H26F2N2O4S/c1-5-12-27(24,25)14-7-6-13(15(19)16(14)20)21-8-10-22(11-9-21)17(23)26-18(2,3)4/h6-7H,5,8-12H2,1-4H3. The molecule has 152 valence electrons. The zero-order valence-corrected chi connectivity index (χ0v) is 16.9. The molecule has 2 rings (SSSR count). The van der Waals surface area contributed by atoms with E-state index in [4.69, 9.17) is 4.74 Å². The maximum absolute atomic E-state index is 14.5. The largest absolute Gasteiger partial charge is 0.444 e. The van der Waals surface area contributed by atoms with E-state index in [-0.39, 0.29) is 24.5 Å². The van der Waals surface area contributed by atoms with Crippen LogP contribution in [0.2, 0.25) is 0 Å². The molecule has 27 heavy (non-hydrogen) atoms. The smallest absolute Gasteiger partial charge is 0.410 e. The molecule has 1 amide bonds. The highest BCUT2D eigenvalue weighted by Crippen LogP contribution is 2.28. The maximum atomic E-state index is 14.5. The van der Waals surface area contributed by atoms with Gasteiger partial charge >= 0.3 is 6.09 Å². The van der Waals surface area contributed by atoms with E-state index in [1.54, 1.807) is 32.6 Å². The second kappa shape index (κ2) is 8.00. The van der Waals surface area contributed by atoms with E-state index in [1.807, 2.05) is 0 Å². The van der Waals surface area contributed by atoms with Crippen molar-refractivity contribution in [3.05, 3.63) is 23.8 Å². The molecule has 1 fully saturated rings. The summed E-state index contributed by atoms with van der Waals surface area (Å²) >= 11 is 0. The number of benzene rings is 1. The van der Waals surface area contributed by atoms with Gasteiger partial charge in [-0.3, -0.25) is 0 Å². The highest BCUT2D eigenvalue weighted by molar-refractivity contribution is 7.91. The third-order valence-corrected chi connectivity index (χ3v) is 6.04. The molecule has 0 aliphatic carbocycles. The van der Waals surface area contributed by atoms with Gasteiger partial charge in [0.05, 0.1) is 11.4 Å². The molecular formula is C18H26F2N2O4S. The first-order valence-electron chi connectivity index (χ1n) is 8.90. The van der Waals surface area contributed by atoms with E-state index < -0.39 is 38.1 Å². The van der Waals surface area contributed by atoms with Gasteiger partial charge in [-0.2, -0.15) is 0 Å². The van der Waals surface area contributed by atoms with E-state index in [9.17, 15) is 22.0 Å². The number of sulfone groups is 1. The third kappa shape index (κ3) is 5.09. The molecule has 0 radical (unpaired) electrons. The monoisotopic (exact) mass is 404 g/mol. The van der Waals surface area contributed by atoms with E-state index in [0.29, 0.717) is 19.5 Å². The van der Waals surface area contributed by atoms with Crippen LogP contribution in [0.25, 0.3) is 0 Å². The van der Waals surface area contributed by atoms with Crippen molar-refractivity contribution in [2.24, 2.45) is 0 Å². The molecule has 1 aromatic carbocycles. The van der Waals surface area contributed by atoms with Gasteiger partial charge in [-0.05, 0) is 39.3 Å². The Balaban J connectivity index is 2.13. The van der Waals surface area contributed by atoms with Crippen LogP contribution in [0.15, 0.2) is 17.0 Å². The molecule has 1 aliphatic heterocycles. The van der Waals surface area contributed by atoms with Crippen molar-refractivity contribution in [3.8, 4) is 0 Å². The minimum Gasteiger partial charge on any atom is -0.444 e. The van der Waals surface area contributed by atoms with Gasteiger partial charge in [0.2, 0.25) is 0 Å². The number of amides is 1. The lowest BCUT2D eigenvalue weighted by Crippen LogP contribution is -2.50. The molecule has 0 saturated carbocycles. The Morgan fingerprint density at radius 1 is 1.11 bits per heavy atom. The Bertz CT molecular complexity index is 798. The first-order valence-corrected chi connectivity index (χ1v) is 10.5. The number of carbonyl (C=O) groups excluding carboxylic acids is 1. The van der Waals surface area contributed by atoms with Crippen LogP contribution >= 0.6 is 0 Å². The number of hydrogen-bond acceptors (Lipinski definition) is 5. The Morgan fingerprint density at radius 2 is 1.70 bits per heavy atom. The van der Waals surface area contributed by atoms with Gasteiger partial charge in [-0.25, -0.2) is 22.0 Å². The van der Waals surface area contributed by atoms with Gasteiger partial charge < -0.3 is 14.5 Å². The van der Waals surface area contributed by atoms with Gasteiger partial charge in [0.15, 0.2) is 21.5 Å². The molecule has 1 heterocycles. The molecule has 0 unspecified atom stereocenters. The average molecular weight is 404 g/mol. The zero-order chi connectivity index (χ0) is 20.4. The minimum atomic E-state index is -3.85. The first-order chi connectivity index (χ1) is 12.5. The van der Waals surface area contributed by atoms with E-state index in [0.717, 1.165) is 6.07 Å². The Kier molecular flexibility index (Phi) is 6.34. The van der Waals surface area contributed by atoms with Crippen LogP contribution in [0.4, 0.5) is 19.3 Å². The Hall–Kier alpha value is -1.90. The summed E-state index contributed by atoms with van der Waals surface area (Å²) in [4.78, 5) is 14.6. The fourth-order valence-corrected chi connectivity index (χ4v) is 4.24. The Morgan fingerprint density at radius 3 is 2.22 bits per heavy atom. The molecule has 1 aliphatic rings. The van der Waals surface area contributed by atoms with E-state index in [2.05, 4.69) is 0 Å². The summed E-state index contributed by atoms with van der Waals surface area (Å²) in [6, 6.07) is 2.39. The van der Waals surface area contributed by atoms with Crippen molar-refractivity contribution >= 4 is 21.6 Å². The quantitative estimate of drug-likeness (QED) is 0.771. The molecule has 0 N–H and O–H groups in total. The molecule has 9 heteroatoms. The predicted octanol–water partition coefficient (Wildman–Crippen LogP) is 3.21. The van der Waals surface area contributed by atoms with Gasteiger partial charge in [0.1, 0.15) is 10.5 Å². The van der Waals surface area contributed by atoms with E-state index >= 15 is 0 Å². The van der Waals surface area contributed by atoms with Crippen molar-refractivity contribution in [2.45, 2.75) is 44.6 Å². The molecule has 0 bridgehead atoms. The van der Waals surface area contributed by atoms with Crippen molar-refractivity contribution in [3.63, 3.8) is 0 Å². The maximum Gasteiger partial charge on any atom is 0.410 e. The van der Waals surface area contributed by atoms with Crippen molar-refractivity contribution in [1.29, 1.82) is 0 Å². The molecule has 1 aromatic rings. The third-order valence-electron chi connectivity index (χ3n) is 4.11. The summed E-state index contributed by atoms with van der Waals surface area (Å²) < 4.78 is 58.3. The van der Waals surface area contributed by atoms with Crippen LogP contribution in [-0.4, -0.2) is 56.9 Å². The number of halogens is 2. The summed E-state index contributed by atoms with van der Waals surface area (Å²) in [6.45, 7) is 8.14.